The molecule has 0 fully saturated rings. The first kappa shape index (κ1) is 15.7. The second-order valence-electron chi connectivity index (χ2n) is 3.92. The Morgan fingerprint density at radius 2 is 1.95 bits per heavy atom. The van der Waals surface area contributed by atoms with E-state index in [-0.39, 0.29) is 10.6 Å². The fourth-order valence-corrected chi connectivity index (χ4v) is 1.76. The molecule has 0 radical (unpaired) electrons. The first-order valence-electron chi connectivity index (χ1n) is 5.14. The van der Waals surface area contributed by atoms with Crippen LogP contribution in [-0.4, -0.2) is 22.2 Å². The van der Waals surface area contributed by atoms with Crippen LogP contribution in [0.5, 0.6) is 0 Å². The van der Waals surface area contributed by atoms with Crippen molar-refractivity contribution in [3.63, 3.8) is 0 Å². The quantitative estimate of drug-likeness (QED) is 0.790. The van der Waals surface area contributed by atoms with Crippen molar-refractivity contribution < 1.29 is 28.2 Å². The third-order valence-corrected chi connectivity index (χ3v) is 2.75. The number of primary amides is 1. The summed E-state index contributed by atoms with van der Waals surface area (Å²) in [6, 6.07) is 2.30. The number of hydrogen-bond donors (Lipinski definition) is 3. The normalized spacial score (nSPS) is 15.1. The Morgan fingerprint density at radius 1 is 1.37 bits per heavy atom. The molecule has 1 aromatic carbocycles. The molecule has 0 aliphatic carbocycles. The third-order valence-electron chi connectivity index (χ3n) is 2.42. The summed E-state index contributed by atoms with van der Waals surface area (Å²) in [5, 5.41) is 18.8. The van der Waals surface area contributed by atoms with Gasteiger partial charge < -0.3 is 15.9 Å². The number of alkyl halides is 3. The van der Waals surface area contributed by atoms with Crippen molar-refractivity contribution in [2.45, 2.75) is 24.8 Å². The zero-order chi connectivity index (χ0) is 14.8. The minimum absolute atomic E-state index is 0.108. The molecule has 0 bridgehead atoms. The van der Waals surface area contributed by atoms with Gasteiger partial charge in [-0.1, -0.05) is 17.7 Å². The van der Waals surface area contributed by atoms with Crippen LogP contribution in [0.2, 0.25) is 5.02 Å². The highest BCUT2D eigenvalue weighted by molar-refractivity contribution is 6.31. The van der Waals surface area contributed by atoms with Crippen molar-refractivity contribution in [1.82, 2.24) is 0 Å². The summed E-state index contributed by atoms with van der Waals surface area (Å²) in [5.74, 6) is -0.852. The van der Waals surface area contributed by atoms with E-state index < -0.39 is 36.3 Å². The number of carbonyl (C=O) groups excluding carboxylic acids is 1. The summed E-state index contributed by atoms with van der Waals surface area (Å²) in [5.41, 5.74) is 3.75. The molecule has 2 atom stereocenters. The maximum Gasteiger partial charge on any atom is 0.416 e. The summed E-state index contributed by atoms with van der Waals surface area (Å²) in [7, 11) is 0. The number of benzene rings is 1. The molecule has 0 spiro atoms. The van der Waals surface area contributed by atoms with Crippen LogP contribution >= 0.6 is 11.6 Å². The Hall–Kier alpha value is -1.31. The fraction of sp³-hybridized carbons (Fsp3) is 0.364. The van der Waals surface area contributed by atoms with Gasteiger partial charge in [-0.25, -0.2) is 0 Å². The molecule has 4 nitrogen and oxygen atoms in total. The molecule has 4 N–H and O–H groups in total. The van der Waals surface area contributed by atoms with Crippen molar-refractivity contribution >= 4 is 17.5 Å². The average molecular weight is 298 g/mol. The number of aliphatic hydroxyl groups excluding tert-OH is 2. The van der Waals surface area contributed by atoms with Crippen molar-refractivity contribution in [3.8, 4) is 0 Å². The highest BCUT2D eigenvalue weighted by atomic mass is 35.5. The summed E-state index contributed by atoms with van der Waals surface area (Å²) in [6.45, 7) is 0. The van der Waals surface area contributed by atoms with Gasteiger partial charge in [0.2, 0.25) is 5.91 Å². The molecule has 1 amide bonds. The van der Waals surface area contributed by atoms with E-state index in [0.717, 1.165) is 12.1 Å². The van der Waals surface area contributed by atoms with E-state index in [1.807, 2.05) is 0 Å². The van der Waals surface area contributed by atoms with Gasteiger partial charge in [0.15, 0.2) is 0 Å². The monoisotopic (exact) mass is 297 g/mol. The minimum Gasteiger partial charge on any atom is -0.390 e. The molecule has 0 aliphatic heterocycles. The third kappa shape index (κ3) is 4.09. The Morgan fingerprint density at radius 3 is 2.37 bits per heavy atom. The highest BCUT2D eigenvalue weighted by Crippen LogP contribution is 2.34. The van der Waals surface area contributed by atoms with Gasteiger partial charge in [-0.2, -0.15) is 13.2 Å². The fourth-order valence-electron chi connectivity index (χ4n) is 1.47. The summed E-state index contributed by atoms with van der Waals surface area (Å²) < 4.78 is 37.2. The van der Waals surface area contributed by atoms with E-state index in [1.54, 1.807) is 0 Å². The molecule has 1 aromatic rings. The highest BCUT2D eigenvalue weighted by Gasteiger charge is 2.32. The van der Waals surface area contributed by atoms with Crippen molar-refractivity contribution in [2.24, 2.45) is 5.73 Å². The van der Waals surface area contributed by atoms with E-state index in [0.29, 0.717) is 6.07 Å². The van der Waals surface area contributed by atoms with Crippen LogP contribution < -0.4 is 5.73 Å². The smallest absolute Gasteiger partial charge is 0.390 e. The number of halogens is 4. The van der Waals surface area contributed by atoms with Crippen LogP contribution in [-0.2, 0) is 11.0 Å². The van der Waals surface area contributed by atoms with E-state index in [9.17, 15) is 28.2 Å². The molecular formula is C11H11ClF3NO3. The van der Waals surface area contributed by atoms with Crippen LogP contribution in [0.1, 0.15) is 23.7 Å². The zero-order valence-electron chi connectivity index (χ0n) is 9.49. The second kappa shape index (κ2) is 5.77. The van der Waals surface area contributed by atoms with Crippen molar-refractivity contribution in [1.29, 1.82) is 0 Å². The van der Waals surface area contributed by atoms with Crippen molar-refractivity contribution in [3.05, 3.63) is 34.3 Å². The number of aliphatic hydroxyl groups is 2. The molecule has 106 valence electrons. The molecule has 8 heteroatoms. The van der Waals surface area contributed by atoms with Gasteiger partial charge in [-0.15, -0.1) is 0 Å². The minimum atomic E-state index is -4.56. The predicted molar refractivity (Wildman–Crippen MR) is 61.2 cm³/mol. The molecule has 19 heavy (non-hydrogen) atoms. The predicted octanol–water partition coefficient (Wildman–Crippen LogP) is 1.63. The molecule has 0 heterocycles. The lowest BCUT2D eigenvalue weighted by Gasteiger charge is -2.19. The Labute approximate surface area is 111 Å². The zero-order valence-corrected chi connectivity index (χ0v) is 10.2. The average Bonchev–Trinajstić information content (AvgIpc) is 2.25. The largest absolute Gasteiger partial charge is 0.416 e. The van der Waals surface area contributed by atoms with Crippen LogP contribution in [0, 0.1) is 0 Å². The topological polar surface area (TPSA) is 83.6 Å². The van der Waals surface area contributed by atoms with Gasteiger partial charge in [0, 0.05) is 10.6 Å². The van der Waals surface area contributed by atoms with Gasteiger partial charge in [0.05, 0.1) is 18.1 Å². The molecule has 0 saturated heterocycles. The van der Waals surface area contributed by atoms with Crippen LogP contribution in [0.15, 0.2) is 18.2 Å². The van der Waals surface area contributed by atoms with E-state index in [2.05, 4.69) is 0 Å². The number of amides is 1. The van der Waals surface area contributed by atoms with Crippen LogP contribution in [0.3, 0.4) is 0 Å². The molecular weight excluding hydrogens is 287 g/mol. The first-order valence-corrected chi connectivity index (χ1v) is 5.51. The number of rotatable bonds is 4. The maximum absolute atomic E-state index is 12.4. The lowest BCUT2D eigenvalue weighted by atomic mass is 10.0. The van der Waals surface area contributed by atoms with Gasteiger partial charge in [-0.3, -0.25) is 4.79 Å². The molecule has 0 aromatic heterocycles. The SMILES string of the molecule is NC(=O)CC(O)C(O)c1ccc(C(F)(F)F)cc1Cl. The molecule has 0 aliphatic rings. The van der Waals surface area contributed by atoms with Gasteiger partial charge in [0.1, 0.15) is 6.10 Å². The van der Waals surface area contributed by atoms with E-state index in [1.165, 1.54) is 0 Å². The van der Waals surface area contributed by atoms with E-state index >= 15 is 0 Å². The lowest BCUT2D eigenvalue weighted by Crippen LogP contribution is -2.26. The van der Waals surface area contributed by atoms with Crippen LogP contribution in [0.4, 0.5) is 13.2 Å². The second-order valence-corrected chi connectivity index (χ2v) is 4.32. The summed E-state index contributed by atoms with van der Waals surface area (Å²) >= 11 is 5.62. The summed E-state index contributed by atoms with van der Waals surface area (Å²) in [4.78, 5) is 10.6. The molecule has 1 rings (SSSR count). The Kier molecular flexibility index (Phi) is 4.78. The molecule has 0 saturated carbocycles. The van der Waals surface area contributed by atoms with Gasteiger partial charge >= 0.3 is 6.18 Å². The van der Waals surface area contributed by atoms with Gasteiger partial charge in [-0.05, 0) is 12.1 Å². The Bertz CT molecular complexity index is 479. The first-order chi connectivity index (χ1) is 8.62. The Balaban J connectivity index is 2.99. The standard InChI is InChI=1S/C11H11ClF3NO3/c12-7-3-5(11(13,14)15)1-2-6(7)10(19)8(17)4-9(16)18/h1-3,8,10,17,19H,4H2,(H2,16,18). The number of nitrogens with two attached hydrogens (primary N) is 1. The lowest BCUT2D eigenvalue weighted by molar-refractivity contribution is -0.137. The number of carbonyl (C=O) groups is 1. The van der Waals surface area contributed by atoms with E-state index in [4.69, 9.17) is 17.3 Å². The van der Waals surface area contributed by atoms with Crippen molar-refractivity contribution in [2.75, 3.05) is 0 Å². The summed E-state index contributed by atoms with van der Waals surface area (Å²) in [6.07, 6.45) is -8.22. The number of hydrogen-bond acceptors (Lipinski definition) is 3. The van der Waals surface area contributed by atoms with Crippen LogP contribution in [0.25, 0.3) is 0 Å². The maximum atomic E-state index is 12.4. The molecule has 2 unspecified atom stereocenters. The van der Waals surface area contributed by atoms with Gasteiger partial charge in [0.25, 0.3) is 0 Å².